The molecule has 3 rings (SSSR count). The van der Waals surface area contributed by atoms with E-state index < -0.39 is 21.5 Å². The Kier molecular flexibility index (Phi) is 7.61. The molecule has 0 radical (unpaired) electrons. The number of pyridine rings is 1. The van der Waals surface area contributed by atoms with Gasteiger partial charge in [-0.05, 0) is 49.1 Å². The average molecular weight is 450 g/mol. The number of hydrogen-bond donors (Lipinski definition) is 1. The molecule has 2 aromatic rings. The van der Waals surface area contributed by atoms with E-state index in [0.29, 0.717) is 37.9 Å². The summed E-state index contributed by atoms with van der Waals surface area (Å²) in [6, 6.07) is 11.5. The Morgan fingerprint density at radius 3 is 2.65 bits per heavy atom. The van der Waals surface area contributed by atoms with Crippen molar-refractivity contribution in [3.8, 4) is 0 Å². The Balaban J connectivity index is 1.64. The molecule has 1 aliphatic rings. The number of amides is 1. The minimum Gasteiger partial charge on any atom is -0.449 e. The fourth-order valence-electron chi connectivity index (χ4n) is 3.81. The first-order valence-electron chi connectivity index (χ1n) is 10.4. The van der Waals surface area contributed by atoms with Gasteiger partial charge in [-0.15, -0.1) is 0 Å². The van der Waals surface area contributed by atoms with E-state index in [0.717, 1.165) is 5.69 Å². The third kappa shape index (κ3) is 6.01. The van der Waals surface area contributed by atoms with Crippen LogP contribution in [-0.2, 0) is 26.7 Å². The highest BCUT2D eigenvalue weighted by atomic mass is 32.2. The molecule has 1 aliphatic heterocycles. The zero-order chi connectivity index (χ0) is 22.3. The van der Waals surface area contributed by atoms with Gasteiger partial charge in [0.2, 0.25) is 10.0 Å². The van der Waals surface area contributed by atoms with Gasteiger partial charge in [0, 0.05) is 36.9 Å². The molecule has 1 amide bonds. The van der Waals surface area contributed by atoms with Crippen LogP contribution in [-0.4, -0.2) is 49.2 Å². The molecule has 1 aromatic carbocycles. The number of carbonyl (C=O) groups is 1. The molecule has 0 unspecified atom stereocenters. The van der Waals surface area contributed by atoms with Crippen LogP contribution in [0.25, 0.3) is 0 Å². The maximum Gasteiger partial charge on any atom is 0.407 e. The van der Waals surface area contributed by atoms with Gasteiger partial charge >= 0.3 is 6.09 Å². The monoisotopic (exact) mass is 449 g/mol. The standard InChI is InChI=1S/C22H28FN3O4S/c1-2-14-31(28,29)26-12-9-22(10-13-26,20-8-3-4-11-24-20)17-30-21(27)25-16-18-6-5-7-19(23)15-18/h3-8,11,15H,2,9-10,12-14,16-17H2,1H3,(H,25,27). The summed E-state index contributed by atoms with van der Waals surface area (Å²) in [7, 11) is -3.28. The first kappa shape index (κ1) is 23.1. The Morgan fingerprint density at radius 1 is 1.23 bits per heavy atom. The number of piperidine rings is 1. The third-order valence-electron chi connectivity index (χ3n) is 5.55. The highest BCUT2D eigenvalue weighted by Crippen LogP contribution is 2.35. The number of sulfonamides is 1. The number of hydrogen-bond acceptors (Lipinski definition) is 5. The fourth-order valence-corrected chi connectivity index (χ4v) is 5.32. The predicted octanol–water partition coefficient (Wildman–Crippen LogP) is 3.22. The quantitative estimate of drug-likeness (QED) is 0.669. The molecular formula is C22H28FN3O4S. The van der Waals surface area contributed by atoms with Crippen molar-refractivity contribution in [2.45, 2.75) is 38.1 Å². The first-order chi connectivity index (χ1) is 14.8. The van der Waals surface area contributed by atoms with Gasteiger partial charge in [0.05, 0.1) is 5.75 Å². The normalized spacial score (nSPS) is 16.6. The van der Waals surface area contributed by atoms with Crippen LogP contribution in [0.2, 0.25) is 0 Å². The molecule has 9 heteroatoms. The molecule has 2 heterocycles. The summed E-state index contributed by atoms with van der Waals surface area (Å²) in [4.78, 5) is 16.7. The number of halogens is 1. The summed E-state index contributed by atoms with van der Waals surface area (Å²) in [5.74, 6) is -0.241. The van der Waals surface area contributed by atoms with E-state index in [4.69, 9.17) is 4.74 Å². The van der Waals surface area contributed by atoms with Crippen LogP contribution >= 0.6 is 0 Å². The largest absolute Gasteiger partial charge is 0.449 e. The highest BCUT2D eigenvalue weighted by Gasteiger charge is 2.41. The van der Waals surface area contributed by atoms with Crippen LogP contribution in [0.15, 0.2) is 48.7 Å². The number of rotatable bonds is 8. The summed E-state index contributed by atoms with van der Waals surface area (Å²) < 4.78 is 45.2. The topological polar surface area (TPSA) is 88.6 Å². The second kappa shape index (κ2) is 10.2. The molecule has 1 saturated heterocycles. The number of nitrogens with zero attached hydrogens (tertiary/aromatic N) is 2. The van der Waals surface area contributed by atoms with Gasteiger partial charge in [0.25, 0.3) is 0 Å². The number of alkyl carbamates (subject to hydrolysis) is 1. The van der Waals surface area contributed by atoms with Crippen LogP contribution in [0.1, 0.15) is 37.4 Å². The second-order valence-electron chi connectivity index (χ2n) is 7.77. The molecule has 31 heavy (non-hydrogen) atoms. The average Bonchev–Trinajstić information content (AvgIpc) is 2.77. The number of nitrogens with one attached hydrogen (secondary N) is 1. The predicted molar refractivity (Wildman–Crippen MR) is 115 cm³/mol. The summed E-state index contributed by atoms with van der Waals surface area (Å²) >= 11 is 0. The van der Waals surface area contributed by atoms with Crippen molar-refractivity contribution >= 4 is 16.1 Å². The van der Waals surface area contributed by atoms with Crippen LogP contribution in [0, 0.1) is 5.82 Å². The number of benzene rings is 1. The van der Waals surface area contributed by atoms with Crippen molar-refractivity contribution in [2.24, 2.45) is 0 Å². The number of carbonyl (C=O) groups excluding carboxylic acids is 1. The molecule has 0 saturated carbocycles. The lowest BCUT2D eigenvalue weighted by molar-refractivity contribution is 0.0888. The Labute approximate surface area is 182 Å². The second-order valence-corrected chi connectivity index (χ2v) is 9.86. The maximum absolute atomic E-state index is 13.3. The molecule has 0 spiro atoms. The molecule has 1 fully saturated rings. The molecule has 168 valence electrons. The van der Waals surface area contributed by atoms with E-state index in [-0.39, 0.29) is 24.7 Å². The lowest BCUT2D eigenvalue weighted by Gasteiger charge is -2.40. The highest BCUT2D eigenvalue weighted by molar-refractivity contribution is 7.89. The molecule has 1 N–H and O–H groups in total. The Hall–Kier alpha value is -2.52. The lowest BCUT2D eigenvalue weighted by Crippen LogP contribution is -2.48. The zero-order valence-electron chi connectivity index (χ0n) is 17.6. The molecular weight excluding hydrogens is 421 g/mol. The first-order valence-corrected chi connectivity index (χ1v) is 12.0. The van der Waals surface area contributed by atoms with E-state index in [9.17, 15) is 17.6 Å². The van der Waals surface area contributed by atoms with Gasteiger partial charge in [-0.25, -0.2) is 21.9 Å². The molecule has 1 aromatic heterocycles. The van der Waals surface area contributed by atoms with Gasteiger partial charge in [0.1, 0.15) is 12.4 Å². The SMILES string of the molecule is CCCS(=O)(=O)N1CCC(COC(=O)NCc2cccc(F)c2)(c2ccccn2)CC1. The zero-order valence-corrected chi connectivity index (χ0v) is 18.4. The van der Waals surface area contributed by atoms with Crippen molar-refractivity contribution in [1.82, 2.24) is 14.6 Å². The molecule has 0 bridgehead atoms. The van der Waals surface area contributed by atoms with Crippen molar-refractivity contribution in [1.29, 1.82) is 0 Å². The Bertz CT molecular complexity index is 977. The summed E-state index contributed by atoms with van der Waals surface area (Å²) in [6.07, 6.45) is 2.65. The van der Waals surface area contributed by atoms with Gasteiger partial charge in [-0.2, -0.15) is 0 Å². The van der Waals surface area contributed by atoms with Crippen LogP contribution < -0.4 is 5.32 Å². The Morgan fingerprint density at radius 2 is 2.00 bits per heavy atom. The van der Waals surface area contributed by atoms with E-state index in [1.807, 2.05) is 25.1 Å². The van der Waals surface area contributed by atoms with Crippen molar-refractivity contribution in [2.75, 3.05) is 25.4 Å². The molecule has 7 nitrogen and oxygen atoms in total. The third-order valence-corrected chi connectivity index (χ3v) is 7.62. The molecule has 0 aliphatic carbocycles. The lowest BCUT2D eigenvalue weighted by atomic mass is 9.76. The minimum atomic E-state index is -3.28. The van der Waals surface area contributed by atoms with Gasteiger partial charge < -0.3 is 10.1 Å². The number of aromatic nitrogens is 1. The summed E-state index contributed by atoms with van der Waals surface area (Å²) in [5.41, 5.74) is 0.849. The maximum atomic E-state index is 13.3. The van der Waals surface area contributed by atoms with E-state index in [1.165, 1.54) is 16.4 Å². The minimum absolute atomic E-state index is 0.0840. The van der Waals surface area contributed by atoms with Gasteiger partial charge in [-0.1, -0.05) is 25.1 Å². The van der Waals surface area contributed by atoms with Crippen molar-refractivity contribution in [3.63, 3.8) is 0 Å². The number of ether oxygens (including phenoxy) is 1. The van der Waals surface area contributed by atoms with Crippen LogP contribution in [0.4, 0.5) is 9.18 Å². The molecule has 0 atom stereocenters. The van der Waals surface area contributed by atoms with Crippen molar-refractivity contribution in [3.05, 3.63) is 65.7 Å². The van der Waals surface area contributed by atoms with E-state index in [1.54, 1.807) is 18.3 Å². The van der Waals surface area contributed by atoms with Crippen LogP contribution in [0.5, 0.6) is 0 Å². The fraction of sp³-hybridized carbons (Fsp3) is 0.455. The smallest absolute Gasteiger partial charge is 0.407 e. The van der Waals surface area contributed by atoms with E-state index >= 15 is 0 Å². The van der Waals surface area contributed by atoms with Gasteiger partial charge in [-0.3, -0.25) is 4.98 Å². The van der Waals surface area contributed by atoms with Crippen LogP contribution in [0.3, 0.4) is 0 Å². The summed E-state index contributed by atoms with van der Waals surface area (Å²) in [6.45, 7) is 2.78. The van der Waals surface area contributed by atoms with Crippen molar-refractivity contribution < 1.29 is 22.3 Å². The summed E-state index contributed by atoms with van der Waals surface area (Å²) in [5, 5.41) is 2.63. The van der Waals surface area contributed by atoms with E-state index in [2.05, 4.69) is 10.3 Å². The van der Waals surface area contributed by atoms with Gasteiger partial charge in [0.15, 0.2) is 0 Å².